The predicted molar refractivity (Wildman–Crippen MR) is 212 cm³/mol. The smallest absolute Gasteiger partial charge is 0.306 e. The van der Waals surface area contributed by atoms with Crippen molar-refractivity contribution in [1.82, 2.24) is 0 Å². The van der Waals surface area contributed by atoms with Crippen LogP contribution in [0.25, 0.3) is 0 Å². The lowest BCUT2D eigenvalue weighted by molar-refractivity contribution is -0.160. The van der Waals surface area contributed by atoms with Crippen molar-refractivity contribution in [3.05, 3.63) is 41.3 Å². The topological polar surface area (TPSA) is 65.0 Å². The maximum absolute atomic E-state index is 12.9. The first kappa shape index (κ1) is 46.6. The molecule has 0 aliphatic carbocycles. The quantitative estimate of drug-likeness (QED) is 0.0425. The van der Waals surface area contributed by atoms with E-state index in [1.807, 2.05) is 6.07 Å². The van der Waals surface area contributed by atoms with Gasteiger partial charge in [0.15, 0.2) is 6.29 Å². The van der Waals surface area contributed by atoms with Gasteiger partial charge in [0.1, 0.15) is 6.61 Å². The fourth-order valence-electron chi connectivity index (χ4n) is 6.81. The molecule has 5 heteroatoms. The average Bonchev–Trinajstić information content (AvgIpc) is 3.13. The minimum absolute atomic E-state index is 0.00240. The van der Waals surface area contributed by atoms with Crippen molar-refractivity contribution < 1.29 is 24.1 Å². The Labute approximate surface area is 310 Å². The molecule has 1 rings (SSSR count). The molecule has 0 bridgehead atoms. The van der Waals surface area contributed by atoms with Crippen molar-refractivity contribution in [2.24, 2.45) is 5.92 Å². The van der Waals surface area contributed by atoms with Crippen LogP contribution in [0.15, 0.2) is 18.2 Å². The van der Waals surface area contributed by atoms with Crippen molar-refractivity contribution >= 4 is 5.97 Å². The number of esters is 1. The van der Waals surface area contributed by atoms with Crippen LogP contribution in [0.5, 0.6) is 0 Å². The normalized spacial score (nSPS) is 12.2. The molecule has 1 aromatic rings. The van der Waals surface area contributed by atoms with E-state index in [9.17, 15) is 9.90 Å². The maximum Gasteiger partial charge on any atom is 0.306 e. The molecule has 0 fully saturated rings. The Hall–Kier alpha value is -1.43. The molecule has 50 heavy (non-hydrogen) atoms. The summed E-state index contributed by atoms with van der Waals surface area (Å²) in [6.07, 6.45) is 34.0. The van der Waals surface area contributed by atoms with E-state index in [4.69, 9.17) is 14.2 Å². The fraction of sp³-hybridized carbons (Fsp3) is 0.822. The lowest BCUT2D eigenvalue weighted by Crippen LogP contribution is -2.21. The second-order valence-corrected chi connectivity index (χ2v) is 14.8. The Morgan fingerprint density at radius 1 is 0.620 bits per heavy atom. The number of aliphatic hydroxyl groups excluding tert-OH is 1. The molecule has 1 atom stereocenters. The lowest BCUT2D eigenvalue weighted by atomic mass is 9.88. The number of aryl methyl sites for hydroxylation is 1. The molecular weight excluding hydrogens is 620 g/mol. The SMILES string of the molecule is CC[CH]CCCCCC(CCCCCC)CCc1cc(CO)cc(COC(=O)CCC(OCCCCCCCC)OCCCCCCCC)c1. The average molecular weight is 702 g/mol. The zero-order valence-corrected chi connectivity index (χ0v) is 33.5. The molecule has 0 saturated carbocycles. The maximum atomic E-state index is 12.9. The van der Waals surface area contributed by atoms with Crippen LogP contribution in [0, 0.1) is 12.3 Å². The van der Waals surface area contributed by atoms with Gasteiger partial charge in [-0.2, -0.15) is 0 Å². The highest BCUT2D eigenvalue weighted by Gasteiger charge is 2.15. The first-order valence-corrected chi connectivity index (χ1v) is 21.5. The molecule has 1 N–H and O–H groups in total. The second-order valence-electron chi connectivity index (χ2n) is 14.8. The number of carbonyl (C=O) groups is 1. The zero-order valence-electron chi connectivity index (χ0n) is 33.5. The van der Waals surface area contributed by atoms with E-state index < -0.39 is 0 Å². The molecule has 0 heterocycles. The number of benzene rings is 1. The molecule has 1 unspecified atom stereocenters. The van der Waals surface area contributed by atoms with Crippen LogP contribution in [0.2, 0.25) is 0 Å². The second kappa shape index (κ2) is 34.6. The molecule has 0 aliphatic heterocycles. The van der Waals surface area contributed by atoms with E-state index in [2.05, 4.69) is 46.2 Å². The van der Waals surface area contributed by atoms with Crippen molar-refractivity contribution in [3.63, 3.8) is 0 Å². The van der Waals surface area contributed by atoms with Crippen LogP contribution in [0.3, 0.4) is 0 Å². The van der Waals surface area contributed by atoms with E-state index in [1.54, 1.807) is 0 Å². The molecule has 1 radical (unpaired) electrons. The molecule has 5 nitrogen and oxygen atoms in total. The summed E-state index contributed by atoms with van der Waals surface area (Å²) in [5, 5.41) is 10.0. The summed E-state index contributed by atoms with van der Waals surface area (Å²) in [7, 11) is 0. The summed E-state index contributed by atoms with van der Waals surface area (Å²) in [5.41, 5.74) is 3.10. The predicted octanol–water partition coefficient (Wildman–Crippen LogP) is 13.2. The van der Waals surface area contributed by atoms with Gasteiger partial charge >= 0.3 is 5.97 Å². The molecule has 1 aromatic carbocycles. The van der Waals surface area contributed by atoms with Crippen LogP contribution in [0.1, 0.15) is 211 Å². The van der Waals surface area contributed by atoms with Crippen LogP contribution in [-0.4, -0.2) is 30.6 Å². The Balaban J connectivity index is 2.62. The number of carbonyl (C=O) groups excluding carboxylic acids is 1. The summed E-state index contributed by atoms with van der Waals surface area (Å²) in [6.45, 7) is 10.6. The van der Waals surface area contributed by atoms with Crippen LogP contribution >= 0.6 is 0 Å². The van der Waals surface area contributed by atoms with E-state index in [0.717, 1.165) is 36.3 Å². The molecule has 0 saturated heterocycles. The number of unbranched alkanes of at least 4 members (excludes halogenated alkanes) is 18. The Kier molecular flexibility index (Phi) is 32.3. The highest BCUT2D eigenvalue weighted by atomic mass is 16.7. The Morgan fingerprint density at radius 3 is 1.72 bits per heavy atom. The van der Waals surface area contributed by atoms with Gasteiger partial charge in [-0.05, 0) is 54.7 Å². The van der Waals surface area contributed by atoms with Gasteiger partial charge in [0.2, 0.25) is 0 Å². The molecule has 0 amide bonds. The van der Waals surface area contributed by atoms with Gasteiger partial charge in [0.05, 0.1) is 13.0 Å². The summed E-state index contributed by atoms with van der Waals surface area (Å²) in [6, 6.07) is 6.28. The number of rotatable bonds is 37. The standard InChI is InChI=1S/C45H81O5/c1-5-9-13-17-20-24-28-40(27-23-16-12-8-4)29-30-41-35-42(38-46)37-43(36-41)39-50-44(47)31-32-45(48-33-25-21-18-14-10-6-2)49-34-26-22-19-15-11-7-3/h9,35-37,40,45-46H,5-8,10-34,38-39H2,1-4H3. The molecule has 291 valence electrons. The van der Waals surface area contributed by atoms with E-state index in [-0.39, 0.29) is 31.9 Å². The number of hydrogen-bond donors (Lipinski definition) is 1. The number of aliphatic hydroxyl groups is 1. The minimum atomic E-state index is -0.359. The first-order chi connectivity index (χ1) is 24.6. The van der Waals surface area contributed by atoms with Crippen molar-refractivity contribution in [1.29, 1.82) is 0 Å². The first-order valence-electron chi connectivity index (χ1n) is 21.5. The lowest BCUT2D eigenvalue weighted by Gasteiger charge is -2.19. The third-order valence-electron chi connectivity index (χ3n) is 10.00. The van der Waals surface area contributed by atoms with Gasteiger partial charge in [-0.25, -0.2) is 0 Å². The van der Waals surface area contributed by atoms with Crippen LogP contribution in [-0.2, 0) is 38.6 Å². The van der Waals surface area contributed by atoms with Gasteiger partial charge in [-0.15, -0.1) is 0 Å². The largest absolute Gasteiger partial charge is 0.461 e. The molecule has 0 aliphatic rings. The molecular formula is C45H81O5. The third-order valence-corrected chi connectivity index (χ3v) is 10.00. The third kappa shape index (κ3) is 27.3. The van der Waals surface area contributed by atoms with E-state index in [1.165, 1.54) is 147 Å². The zero-order chi connectivity index (χ0) is 36.3. The Morgan fingerprint density at radius 2 is 1.14 bits per heavy atom. The summed E-state index contributed by atoms with van der Waals surface area (Å²) in [5.74, 6) is 0.529. The van der Waals surface area contributed by atoms with Crippen molar-refractivity contribution in [2.45, 2.75) is 221 Å². The number of hydrogen-bond acceptors (Lipinski definition) is 5. The van der Waals surface area contributed by atoms with Gasteiger partial charge < -0.3 is 19.3 Å². The van der Waals surface area contributed by atoms with E-state index >= 15 is 0 Å². The highest BCUT2D eigenvalue weighted by molar-refractivity contribution is 5.69. The Bertz CT molecular complexity index is 868. The minimum Gasteiger partial charge on any atom is -0.461 e. The molecule has 0 spiro atoms. The van der Waals surface area contributed by atoms with E-state index in [0.29, 0.717) is 19.6 Å². The van der Waals surface area contributed by atoms with Crippen LogP contribution < -0.4 is 0 Å². The van der Waals surface area contributed by atoms with Crippen molar-refractivity contribution in [2.75, 3.05) is 13.2 Å². The van der Waals surface area contributed by atoms with Gasteiger partial charge in [0.25, 0.3) is 0 Å². The molecule has 0 aromatic heterocycles. The van der Waals surface area contributed by atoms with Crippen molar-refractivity contribution in [3.8, 4) is 0 Å². The summed E-state index contributed by atoms with van der Waals surface area (Å²) in [4.78, 5) is 12.9. The van der Waals surface area contributed by atoms with Gasteiger partial charge in [0, 0.05) is 19.6 Å². The monoisotopic (exact) mass is 702 g/mol. The fourth-order valence-corrected chi connectivity index (χ4v) is 6.81. The van der Waals surface area contributed by atoms with Gasteiger partial charge in [-0.3, -0.25) is 4.79 Å². The number of ether oxygens (including phenoxy) is 3. The summed E-state index contributed by atoms with van der Waals surface area (Å²) >= 11 is 0. The summed E-state index contributed by atoms with van der Waals surface area (Å²) < 4.78 is 18.0. The highest BCUT2D eigenvalue weighted by Crippen LogP contribution is 2.25. The van der Waals surface area contributed by atoms with Crippen LogP contribution in [0.4, 0.5) is 0 Å². The van der Waals surface area contributed by atoms with Gasteiger partial charge in [-0.1, -0.05) is 181 Å².